The zero-order chi connectivity index (χ0) is 47.1. The SMILES string of the molecule is Cc1cc(-n2nc3c(c2-n2ccn(-c4ccc5c(cnn5CC5CC5)c4F)c2=O)[C@H](C)N(C(=O)c2cc4cc([C@H]5CCOC(C)(C)C5)ccc4n2[C@@]2(c4noc(=O)[nH]4)C[C@@H]2C)CC3)cc(C)c1F. The molecule has 0 spiro atoms. The highest BCUT2D eigenvalue weighted by Gasteiger charge is 2.59. The van der Waals surface area contributed by atoms with Gasteiger partial charge in [0, 0.05) is 55.0 Å². The summed E-state index contributed by atoms with van der Waals surface area (Å²) in [4.78, 5) is 47.5. The van der Waals surface area contributed by atoms with Crippen molar-refractivity contribution in [2.45, 2.75) is 110 Å². The van der Waals surface area contributed by atoms with Crippen LogP contribution < -0.4 is 11.4 Å². The van der Waals surface area contributed by atoms with E-state index in [4.69, 9.17) is 14.4 Å². The Morgan fingerprint density at radius 1 is 0.926 bits per heavy atom. The van der Waals surface area contributed by atoms with E-state index in [-0.39, 0.29) is 34.8 Å². The molecule has 2 aliphatic carbocycles. The highest BCUT2D eigenvalue weighted by Crippen LogP contribution is 2.56. The third kappa shape index (κ3) is 6.51. The van der Waals surface area contributed by atoms with Crippen molar-refractivity contribution in [1.82, 2.24) is 48.3 Å². The second-order valence-corrected chi connectivity index (χ2v) is 20.3. The third-order valence-corrected chi connectivity index (χ3v) is 15.2. The van der Waals surface area contributed by atoms with Crippen LogP contribution in [0, 0.1) is 37.3 Å². The molecule has 68 heavy (non-hydrogen) atoms. The van der Waals surface area contributed by atoms with Crippen LogP contribution in [0.15, 0.2) is 81.2 Å². The van der Waals surface area contributed by atoms with Gasteiger partial charge in [-0.2, -0.15) is 10.2 Å². The first-order valence-corrected chi connectivity index (χ1v) is 23.6. The molecule has 3 fully saturated rings. The number of nitrogens with one attached hydrogen (secondary N) is 1. The first-order chi connectivity index (χ1) is 32.6. The lowest BCUT2D eigenvalue weighted by atomic mass is 9.83. The molecule has 1 amide bonds. The van der Waals surface area contributed by atoms with Crippen LogP contribution in [-0.2, 0) is 23.2 Å². The van der Waals surface area contributed by atoms with Gasteiger partial charge < -0.3 is 14.2 Å². The molecule has 15 nitrogen and oxygen atoms in total. The van der Waals surface area contributed by atoms with Gasteiger partial charge in [-0.25, -0.2) is 23.1 Å². The number of benzene rings is 3. The summed E-state index contributed by atoms with van der Waals surface area (Å²) in [6.07, 6.45) is 9.57. The van der Waals surface area contributed by atoms with Crippen LogP contribution in [0.5, 0.6) is 0 Å². The number of nitrogens with zero attached hydrogens (tertiary/aromatic N) is 9. The van der Waals surface area contributed by atoms with E-state index in [1.165, 1.54) is 21.5 Å². The largest absolute Gasteiger partial charge is 0.438 e. The molecule has 0 radical (unpaired) electrons. The Morgan fingerprint density at radius 2 is 1.68 bits per heavy atom. The number of carbonyl (C=O) groups is 1. The van der Waals surface area contributed by atoms with Crippen molar-refractivity contribution < 1.29 is 22.8 Å². The zero-order valence-electron chi connectivity index (χ0n) is 38.8. The number of rotatable bonds is 9. The number of aromatic amines is 1. The summed E-state index contributed by atoms with van der Waals surface area (Å²) in [6.45, 7) is 13.3. The summed E-state index contributed by atoms with van der Waals surface area (Å²) in [5.74, 6) is -0.326. The molecule has 2 saturated carbocycles. The molecular formula is C51H52F2N10O5. The molecule has 1 saturated heterocycles. The molecule has 0 unspecified atom stereocenters. The molecule has 350 valence electrons. The second-order valence-electron chi connectivity index (χ2n) is 20.3. The molecule has 3 aromatic carbocycles. The fourth-order valence-electron chi connectivity index (χ4n) is 11.4. The Balaban J connectivity index is 0.986. The minimum atomic E-state index is -0.857. The molecule has 8 aromatic rings. The van der Waals surface area contributed by atoms with Crippen LogP contribution in [0.4, 0.5) is 8.78 Å². The van der Waals surface area contributed by atoms with Crippen molar-refractivity contribution in [2.75, 3.05) is 13.2 Å². The van der Waals surface area contributed by atoms with Gasteiger partial charge in [0.25, 0.3) is 5.91 Å². The predicted molar refractivity (Wildman–Crippen MR) is 249 cm³/mol. The first-order valence-electron chi connectivity index (χ1n) is 23.6. The van der Waals surface area contributed by atoms with Gasteiger partial charge >= 0.3 is 11.4 Å². The van der Waals surface area contributed by atoms with Crippen LogP contribution in [0.3, 0.4) is 0 Å². The highest BCUT2D eigenvalue weighted by molar-refractivity contribution is 6.00. The molecule has 2 aliphatic heterocycles. The van der Waals surface area contributed by atoms with Gasteiger partial charge in [-0.1, -0.05) is 18.1 Å². The van der Waals surface area contributed by atoms with Crippen LogP contribution in [0.2, 0.25) is 0 Å². The lowest BCUT2D eigenvalue weighted by Crippen LogP contribution is -2.41. The third-order valence-electron chi connectivity index (χ3n) is 15.2. The van der Waals surface area contributed by atoms with Crippen LogP contribution in [-0.4, -0.2) is 73.0 Å². The van der Waals surface area contributed by atoms with Gasteiger partial charge in [0.2, 0.25) is 0 Å². The average Bonchev–Trinajstić information content (AvgIpc) is 3.80. The number of carbonyl (C=O) groups excluding carboxylic acids is 1. The first kappa shape index (κ1) is 42.5. The van der Waals surface area contributed by atoms with E-state index in [0.29, 0.717) is 94.8 Å². The Morgan fingerprint density at radius 3 is 2.38 bits per heavy atom. The molecule has 1 N–H and O–H groups in total. The molecule has 12 rings (SSSR count). The summed E-state index contributed by atoms with van der Waals surface area (Å²) < 4.78 is 51.0. The maximum Gasteiger partial charge on any atom is 0.438 e. The number of hydrogen-bond donors (Lipinski definition) is 1. The maximum atomic E-state index is 16.5. The van der Waals surface area contributed by atoms with Gasteiger partial charge in [0.05, 0.1) is 45.8 Å². The number of halogens is 2. The lowest BCUT2D eigenvalue weighted by molar-refractivity contribution is -0.0592. The fourth-order valence-corrected chi connectivity index (χ4v) is 11.4. The molecule has 4 atom stereocenters. The van der Waals surface area contributed by atoms with Crippen molar-refractivity contribution in [3.63, 3.8) is 0 Å². The van der Waals surface area contributed by atoms with E-state index in [9.17, 15) is 9.59 Å². The molecule has 17 heteroatoms. The van der Waals surface area contributed by atoms with Crippen molar-refractivity contribution in [2.24, 2.45) is 11.8 Å². The molecule has 5 aromatic heterocycles. The van der Waals surface area contributed by atoms with Crippen molar-refractivity contribution in [3.8, 4) is 17.2 Å². The quantitative estimate of drug-likeness (QED) is 0.152. The Kier molecular flexibility index (Phi) is 9.41. The molecule has 4 aliphatic rings. The number of aromatic nitrogens is 9. The summed E-state index contributed by atoms with van der Waals surface area (Å²) in [5, 5.41) is 15.0. The number of fused-ring (bicyclic) bond motifs is 3. The van der Waals surface area contributed by atoms with Crippen molar-refractivity contribution in [1.29, 1.82) is 0 Å². The molecular weight excluding hydrogens is 871 g/mol. The average molecular weight is 923 g/mol. The van der Waals surface area contributed by atoms with Crippen LogP contribution in [0.25, 0.3) is 39.0 Å². The van der Waals surface area contributed by atoms with Crippen molar-refractivity contribution in [3.05, 3.63) is 139 Å². The monoisotopic (exact) mass is 922 g/mol. The zero-order valence-corrected chi connectivity index (χ0v) is 38.8. The van der Waals surface area contributed by atoms with E-state index in [2.05, 4.69) is 54.2 Å². The van der Waals surface area contributed by atoms with Gasteiger partial charge in [-0.05, 0) is 144 Å². The van der Waals surface area contributed by atoms with Gasteiger partial charge in [0.1, 0.15) is 22.9 Å². The Hall–Kier alpha value is -6.88. The standard InChI is InChI=1S/C51H52F2N10O5/c1-27-19-35(20-28(2)43(27)52)63-45(60-17-16-59(49(60)66)40-12-11-39-36(44(40)53)25-54-61(39)26-31-7-8-31)42-30(4)58(15-13-37(42)56-63)46(64)41-22-34-21-32(33-14-18-67-50(5,6)24-33)9-10-38(34)62(41)51(23-29(51)3)47-55-48(65)68-57-47/h9-12,16-17,19-22,25,29-31,33H,7-8,13-15,18,23-24,26H2,1-6H3,(H,55,57,65)/t29-,30-,33-,51-/m0/s1. The topological polar surface area (TPSA) is 156 Å². The number of amides is 1. The summed E-state index contributed by atoms with van der Waals surface area (Å²) in [6, 6.07) is 14.5. The summed E-state index contributed by atoms with van der Waals surface area (Å²) in [7, 11) is 0. The van der Waals surface area contributed by atoms with Crippen LogP contribution >= 0.6 is 0 Å². The molecule has 7 heterocycles. The number of ether oxygens (including phenoxy) is 1. The summed E-state index contributed by atoms with van der Waals surface area (Å²) >= 11 is 0. The molecule has 0 bridgehead atoms. The van der Waals surface area contributed by atoms with Crippen molar-refractivity contribution >= 4 is 27.7 Å². The smallest absolute Gasteiger partial charge is 0.376 e. The highest BCUT2D eigenvalue weighted by atomic mass is 19.1. The minimum absolute atomic E-state index is 0.000380. The second kappa shape index (κ2) is 15.1. The van der Waals surface area contributed by atoms with E-state index in [1.54, 1.807) is 53.9 Å². The number of aryl methyl sites for hydroxylation is 2. The van der Waals surface area contributed by atoms with E-state index >= 15 is 13.6 Å². The fraction of sp³-hybridized carbons (Fsp3) is 0.412. The van der Waals surface area contributed by atoms with Gasteiger partial charge in [-0.3, -0.25) is 28.1 Å². The predicted octanol–water partition coefficient (Wildman–Crippen LogP) is 8.32. The Bertz CT molecular complexity index is 3480. The summed E-state index contributed by atoms with van der Waals surface area (Å²) in [5.41, 5.74) is 4.10. The number of hydrogen-bond acceptors (Lipinski definition) is 8. The normalized spacial score (nSPS) is 22.4. The minimum Gasteiger partial charge on any atom is -0.376 e. The lowest BCUT2D eigenvalue weighted by Gasteiger charge is -2.35. The van der Waals surface area contributed by atoms with E-state index in [0.717, 1.165) is 42.1 Å². The number of H-pyrrole nitrogens is 1. The maximum absolute atomic E-state index is 16.5. The van der Waals surface area contributed by atoms with Gasteiger partial charge in [0.15, 0.2) is 11.6 Å². The van der Waals surface area contributed by atoms with Crippen LogP contribution in [0.1, 0.15) is 116 Å². The number of imidazole rings is 1. The van der Waals surface area contributed by atoms with E-state index in [1.807, 2.05) is 22.2 Å². The van der Waals surface area contributed by atoms with Gasteiger partial charge in [-0.15, -0.1) is 0 Å². The van der Waals surface area contributed by atoms with E-state index < -0.39 is 28.8 Å². The Labute approximate surface area is 388 Å².